The molecule has 0 unspecified atom stereocenters. The van der Waals surface area contributed by atoms with Gasteiger partial charge in [-0.15, -0.1) is 0 Å². The molecule has 5 nitrogen and oxygen atoms in total. The Kier molecular flexibility index (Phi) is 6.53. The molecule has 0 bridgehead atoms. The molecule has 3 aromatic carbocycles. The Morgan fingerprint density at radius 3 is 2.07 bits per heavy atom. The number of carbonyl (C=O) groups excluding carboxylic acids is 1. The van der Waals surface area contributed by atoms with Gasteiger partial charge in [0.15, 0.2) is 0 Å². The molecule has 148 valence electrons. The van der Waals surface area contributed by atoms with Crippen molar-refractivity contribution in [3.63, 3.8) is 0 Å². The van der Waals surface area contributed by atoms with Crippen LogP contribution in [0.15, 0.2) is 72.8 Å². The predicted molar refractivity (Wildman–Crippen MR) is 115 cm³/mol. The summed E-state index contributed by atoms with van der Waals surface area (Å²) in [5.41, 5.74) is 2.80. The predicted octanol–water partition coefficient (Wildman–Crippen LogP) is 4.89. The molecular formula is C24H23NO4. The van der Waals surface area contributed by atoms with Crippen molar-refractivity contribution in [2.75, 3.05) is 26.6 Å². The lowest BCUT2D eigenvalue weighted by atomic mass is 10.0. The van der Waals surface area contributed by atoms with E-state index in [1.54, 1.807) is 39.5 Å². The van der Waals surface area contributed by atoms with Crippen molar-refractivity contribution in [1.82, 2.24) is 0 Å². The number of anilines is 1. The van der Waals surface area contributed by atoms with E-state index in [1.165, 1.54) is 0 Å². The molecule has 1 N–H and O–H groups in total. The van der Waals surface area contributed by atoms with Gasteiger partial charge < -0.3 is 19.5 Å². The topological polar surface area (TPSA) is 56.8 Å². The van der Waals surface area contributed by atoms with Crippen molar-refractivity contribution < 1.29 is 19.0 Å². The summed E-state index contributed by atoms with van der Waals surface area (Å²) in [5, 5.41) is 2.94. The van der Waals surface area contributed by atoms with E-state index in [4.69, 9.17) is 14.2 Å². The van der Waals surface area contributed by atoms with Gasteiger partial charge in [-0.1, -0.05) is 42.5 Å². The number of hydrogen-bond donors (Lipinski definition) is 1. The monoisotopic (exact) mass is 389 g/mol. The van der Waals surface area contributed by atoms with Crippen molar-refractivity contribution in [2.24, 2.45) is 0 Å². The zero-order chi connectivity index (χ0) is 20.6. The minimum atomic E-state index is -0.240. The molecular weight excluding hydrogens is 366 g/mol. The maximum Gasteiger partial charge on any atom is 0.256 e. The fraction of sp³-hybridized carbons (Fsp3) is 0.125. The van der Waals surface area contributed by atoms with E-state index in [2.05, 4.69) is 5.32 Å². The highest BCUT2D eigenvalue weighted by Gasteiger charge is 2.15. The summed E-state index contributed by atoms with van der Waals surface area (Å²) in [4.78, 5) is 13.2. The van der Waals surface area contributed by atoms with Crippen LogP contribution in [0.1, 0.15) is 11.1 Å². The lowest BCUT2D eigenvalue weighted by Crippen LogP contribution is -2.14. The van der Waals surface area contributed by atoms with E-state index in [0.29, 0.717) is 22.8 Å². The van der Waals surface area contributed by atoms with Crippen molar-refractivity contribution in [2.45, 2.75) is 0 Å². The average Bonchev–Trinajstić information content (AvgIpc) is 2.78. The zero-order valence-corrected chi connectivity index (χ0v) is 16.6. The van der Waals surface area contributed by atoms with E-state index < -0.39 is 0 Å². The van der Waals surface area contributed by atoms with Crippen LogP contribution in [0.3, 0.4) is 0 Å². The van der Waals surface area contributed by atoms with Crippen molar-refractivity contribution >= 4 is 23.2 Å². The molecule has 0 heterocycles. The molecule has 0 saturated heterocycles. The number of rotatable bonds is 7. The Morgan fingerprint density at radius 2 is 1.45 bits per heavy atom. The van der Waals surface area contributed by atoms with E-state index in [9.17, 15) is 4.79 Å². The van der Waals surface area contributed by atoms with Gasteiger partial charge in [-0.05, 0) is 41.5 Å². The first-order valence-corrected chi connectivity index (χ1v) is 9.09. The maximum atomic E-state index is 13.2. The van der Waals surface area contributed by atoms with Gasteiger partial charge in [-0.3, -0.25) is 4.79 Å². The SMILES string of the molecule is COc1ccc(C=C(C(=O)Nc2ccc(OC)cc2OC)c2ccccc2)cc1. The molecule has 1 amide bonds. The number of ether oxygens (including phenoxy) is 3. The molecule has 0 aliphatic heterocycles. The van der Waals surface area contributed by atoms with Gasteiger partial charge in [0.25, 0.3) is 5.91 Å². The largest absolute Gasteiger partial charge is 0.497 e. The van der Waals surface area contributed by atoms with Crippen LogP contribution in [-0.2, 0) is 4.79 Å². The van der Waals surface area contributed by atoms with Gasteiger partial charge >= 0.3 is 0 Å². The summed E-state index contributed by atoms with van der Waals surface area (Å²) in [6, 6.07) is 22.3. The van der Waals surface area contributed by atoms with Crippen LogP contribution in [0.25, 0.3) is 11.6 Å². The number of carbonyl (C=O) groups is 1. The third kappa shape index (κ3) is 4.96. The van der Waals surface area contributed by atoms with Crippen LogP contribution in [-0.4, -0.2) is 27.2 Å². The smallest absolute Gasteiger partial charge is 0.256 e. The van der Waals surface area contributed by atoms with Crippen LogP contribution in [0.2, 0.25) is 0 Å². The first-order valence-electron chi connectivity index (χ1n) is 9.09. The van der Waals surface area contributed by atoms with Crippen LogP contribution < -0.4 is 19.5 Å². The number of hydrogen-bond acceptors (Lipinski definition) is 4. The molecule has 3 aromatic rings. The zero-order valence-electron chi connectivity index (χ0n) is 16.6. The second-order valence-corrected chi connectivity index (χ2v) is 6.22. The molecule has 5 heteroatoms. The van der Waals surface area contributed by atoms with E-state index in [0.717, 1.165) is 16.9 Å². The highest BCUT2D eigenvalue weighted by Crippen LogP contribution is 2.30. The van der Waals surface area contributed by atoms with Crippen molar-refractivity contribution in [3.05, 3.63) is 83.9 Å². The van der Waals surface area contributed by atoms with Crippen LogP contribution in [0, 0.1) is 0 Å². The van der Waals surface area contributed by atoms with Gasteiger partial charge in [0.05, 0.1) is 27.0 Å². The Bertz CT molecular complexity index is 995. The second-order valence-electron chi connectivity index (χ2n) is 6.22. The van der Waals surface area contributed by atoms with Gasteiger partial charge in [-0.25, -0.2) is 0 Å². The fourth-order valence-electron chi connectivity index (χ4n) is 2.86. The van der Waals surface area contributed by atoms with Crippen LogP contribution in [0.4, 0.5) is 5.69 Å². The quantitative estimate of drug-likeness (QED) is 0.462. The minimum Gasteiger partial charge on any atom is -0.497 e. The Hall–Kier alpha value is -3.73. The van der Waals surface area contributed by atoms with E-state index in [-0.39, 0.29) is 5.91 Å². The molecule has 0 aromatic heterocycles. The van der Waals surface area contributed by atoms with Gasteiger partial charge in [-0.2, -0.15) is 0 Å². The maximum absolute atomic E-state index is 13.2. The Morgan fingerprint density at radius 1 is 0.793 bits per heavy atom. The molecule has 0 fully saturated rings. The van der Waals surface area contributed by atoms with Crippen LogP contribution in [0.5, 0.6) is 17.2 Å². The third-order valence-electron chi connectivity index (χ3n) is 4.41. The molecule has 0 atom stereocenters. The molecule has 29 heavy (non-hydrogen) atoms. The lowest BCUT2D eigenvalue weighted by Gasteiger charge is -2.14. The van der Waals surface area contributed by atoms with Gasteiger partial charge in [0.2, 0.25) is 0 Å². The van der Waals surface area contributed by atoms with Crippen molar-refractivity contribution in [1.29, 1.82) is 0 Å². The summed E-state index contributed by atoms with van der Waals surface area (Å²) in [7, 11) is 4.75. The molecule has 3 rings (SSSR count). The first kappa shape index (κ1) is 20.0. The number of methoxy groups -OCH3 is 3. The lowest BCUT2D eigenvalue weighted by molar-refractivity contribution is -0.111. The Labute approximate surface area is 170 Å². The van der Waals surface area contributed by atoms with Crippen molar-refractivity contribution in [3.8, 4) is 17.2 Å². The molecule has 0 spiro atoms. The summed E-state index contributed by atoms with van der Waals surface area (Å²) in [5.74, 6) is 1.69. The number of amides is 1. The van der Waals surface area contributed by atoms with Gasteiger partial charge in [0, 0.05) is 11.6 Å². The normalized spacial score (nSPS) is 10.9. The second kappa shape index (κ2) is 9.46. The van der Waals surface area contributed by atoms with E-state index >= 15 is 0 Å². The molecule has 0 radical (unpaired) electrons. The van der Waals surface area contributed by atoms with Crippen LogP contribution >= 0.6 is 0 Å². The molecule has 0 saturated carbocycles. The fourth-order valence-corrected chi connectivity index (χ4v) is 2.86. The highest BCUT2D eigenvalue weighted by atomic mass is 16.5. The van der Waals surface area contributed by atoms with Gasteiger partial charge in [0.1, 0.15) is 17.2 Å². The summed E-state index contributed by atoms with van der Waals surface area (Å²) < 4.78 is 15.8. The standard InChI is InChI=1S/C24H23NO4/c1-27-19-11-9-17(10-12-19)15-21(18-7-5-4-6-8-18)24(26)25-22-14-13-20(28-2)16-23(22)29-3/h4-16H,1-3H3,(H,25,26). The summed E-state index contributed by atoms with van der Waals surface area (Å²) >= 11 is 0. The third-order valence-corrected chi connectivity index (χ3v) is 4.41. The summed E-state index contributed by atoms with van der Waals surface area (Å²) in [6.07, 6.45) is 1.85. The average molecular weight is 389 g/mol. The summed E-state index contributed by atoms with van der Waals surface area (Å²) in [6.45, 7) is 0. The minimum absolute atomic E-state index is 0.240. The first-order chi connectivity index (χ1) is 14.1. The molecule has 0 aliphatic rings. The number of nitrogens with one attached hydrogen (secondary N) is 1. The molecule has 0 aliphatic carbocycles. The highest BCUT2D eigenvalue weighted by molar-refractivity contribution is 6.29. The van der Waals surface area contributed by atoms with E-state index in [1.807, 2.05) is 60.7 Å². The number of benzene rings is 3. The Balaban J connectivity index is 1.96.